The highest BCUT2D eigenvalue weighted by Gasteiger charge is 2.13. The fourth-order valence-corrected chi connectivity index (χ4v) is 1.65. The molecule has 0 aliphatic rings. The van der Waals surface area contributed by atoms with Gasteiger partial charge >= 0.3 is 0 Å². The van der Waals surface area contributed by atoms with Crippen LogP contribution in [0.15, 0.2) is 17.0 Å². The molecule has 14 heavy (non-hydrogen) atoms. The summed E-state index contributed by atoms with van der Waals surface area (Å²) in [5, 5.41) is 8.84. The van der Waals surface area contributed by atoms with Gasteiger partial charge in [-0.05, 0) is 24.0 Å². The van der Waals surface area contributed by atoms with Gasteiger partial charge < -0.3 is 5.11 Å². The summed E-state index contributed by atoms with van der Waals surface area (Å²) in [7, 11) is 0. The molecular formula is C10H12F2OS. The third kappa shape index (κ3) is 2.25. The van der Waals surface area contributed by atoms with Gasteiger partial charge in [-0.2, -0.15) is 0 Å². The molecule has 78 valence electrons. The van der Waals surface area contributed by atoms with E-state index in [9.17, 15) is 8.78 Å². The summed E-state index contributed by atoms with van der Waals surface area (Å²) >= 11 is 1.16. The lowest BCUT2D eigenvalue weighted by molar-refractivity contribution is 0.270. The first-order chi connectivity index (χ1) is 6.60. The number of benzene rings is 1. The first kappa shape index (κ1) is 11.5. The molecule has 0 aliphatic carbocycles. The number of aliphatic hydroxyl groups excluding tert-OH is 1. The quantitative estimate of drug-likeness (QED) is 0.787. The normalized spacial score (nSPS) is 12.9. The predicted octanol–water partition coefficient (Wildman–Crippen LogP) is 2.78. The van der Waals surface area contributed by atoms with Crippen LogP contribution in [-0.4, -0.2) is 18.0 Å². The molecule has 1 unspecified atom stereocenters. The van der Waals surface area contributed by atoms with Crippen molar-refractivity contribution in [1.29, 1.82) is 0 Å². The van der Waals surface area contributed by atoms with Gasteiger partial charge in [-0.3, -0.25) is 0 Å². The van der Waals surface area contributed by atoms with Crippen LogP contribution in [0.25, 0.3) is 0 Å². The third-order valence-electron chi connectivity index (χ3n) is 2.08. The largest absolute Gasteiger partial charge is 0.396 e. The van der Waals surface area contributed by atoms with E-state index in [1.165, 1.54) is 6.07 Å². The Hall–Kier alpha value is -0.610. The summed E-state index contributed by atoms with van der Waals surface area (Å²) in [4.78, 5) is 0.288. The first-order valence-corrected chi connectivity index (χ1v) is 5.46. The Morgan fingerprint density at radius 1 is 1.36 bits per heavy atom. The minimum absolute atomic E-state index is 0.186. The molecule has 0 bridgehead atoms. The molecule has 0 aliphatic heterocycles. The lowest BCUT2D eigenvalue weighted by atomic mass is 10.0. The summed E-state index contributed by atoms with van der Waals surface area (Å²) in [6.07, 6.45) is 1.69. The van der Waals surface area contributed by atoms with Crippen molar-refractivity contribution in [2.75, 3.05) is 12.9 Å². The van der Waals surface area contributed by atoms with Crippen molar-refractivity contribution in [3.8, 4) is 0 Å². The van der Waals surface area contributed by atoms with Gasteiger partial charge in [-0.1, -0.05) is 6.92 Å². The molecule has 1 rings (SSSR count). The Bertz CT molecular complexity index is 328. The number of halogens is 2. The zero-order valence-corrected chi connectivity index (χ0v) is 8.87. The summed E-state index contributed by atoms with van der Waals surface area (Å²) < 4.78 is 26.6. The SMILES string of the molecule is CSc1cc(F)c(C(C)CO)cc1F. The minimum atomic E-state index is -0.461. The van der Waals surface area contributed by atoms with E-state index in [0.29, 0.717) is 0 Å². The molecule has 1 N–H and O–H groups in total. The molecule has 0 fully saturated rings. The fraction of sp³-hybridized carbons (Fsp3) is 0.400. The highest BCUT2D eigenvalue weighted by molar-refractivity contribution is 7.98. The molecule has 1 nitrogen and oxygen atoms in total. The summed E-state index contributed by atoms with van der Waals surface area (Å²) in [6, 6.07) is 2.32. The average Bonchev–Trinajstić information content (AvgIpc) is 2.19. The van der Waals surface area contributed by atoms with E-state index in [0.717, 1.165) is 17.8 Å². The van der Waals surface area contributed by atoms with Gasteiger partial charge in [0, 0.05) is 17.4 Å². The molecule has 0 saturated carbocycles. The summed E-state index contributed by atoms with van der Waals surface area (Å²) in [5.74, 6) is -1.27. The Morgan fingerprint density at radius 2 is 2.00 bits per heavy atom. The van der Waals surface area contributed by atoms with E-state index in [4.69, 9.17) is 5.11 Å². The maximum Gasteiger partial charge on any atom is 0.137 e. The van der Waals surface area contributed by atoms with Gasteiger partial charge in [0.25, 0.3) is 0 Å². The van der Waals surface area contributed by atoms with Crippen LogP contribution in [0.3, 0.4) is 0 Å². The lowest BCUT2D eigenvalue weighted by Gasteiger charge is -2.11. The van der Waals surface area contributed by atoms with E-state index in [1.807, 2.05) is 0 Å². The van der Waals surface area contributed by atoms with E-state index in [-0.39, 0.29) is 23.0 Å². The van der Waals surface area contributed by atoms with Crippen LogP contribution in [0.5, 0.6) is 0 Å². The van der Waals surface area contributed by atoms with Gasteiger partial charge in [0.1, 0.15) is 11.6 Å². The number of thioether (sulfide) groups is 1. The molecule has 0 heterocycles. The van der Waals surface area contributed by atoms with Crippen LogP contribution in [0.1, 0.15) is 18.4 Å². The zero-order valence-electron chi connectivity index (χ0n) is 8.05. The van der Waals surface area contributed by atoms with E-state index in [1.54, 1.807) is 13.2 Å². The van der Waals surface area contributed by atoms with Crippen LogP contribution < -0.4 is 0 Å². The zero-order chi connectivity index (χ0) is 10.7. The van der Waals surface area contributed by atoms with Gasteiger partial charge in [0.05, 0.1) is 0 Å². The van der Waals surface area contributed by atoms with Crippen molar-refractivity contribution in [2.45, 2.75) is 17.7 Å². The molecule has 1 aromatic carbocycles. The number of rotatable bonds is 3. The van der Waals surface area contributed by atoms with Crippen molar-refractivity contribution in [1.82, 2.24) is 0 Å². The standard InChI is InChI=1S/C10H12F2OS/c1-6(5-13)7-3-9(12)10(14-2)4-8(7)11/h3-4,6,13H,5H2,1-2H3. The molecule has 0 radical (unpaired) electrons. The average molecular weight is 218 g/mol. The topological polar surface area (TPSA) is 20.2 Å². The van der Waals surface area contributed by atoms with Crippen molar-refractivity contribution < 1.29 is 13.9 Å². The second-order valence-corrected chi connectivity index (χ2v) is 3.94. The smallest absolute Gasteiger partial charge is 0.137 e. The summed E-state index contributed by atoms with van der Waals surface area (Å²) in [6.45, 7) is 1.46. The van der Waals surface area contributed by atoms with Gasteiger partial charge in [0.15, 0.2) is 0 Å². The van der Waals surface area contributed by atoms with Gasteiger partial charge in [-0.25, -0.2) is 8.78 Å². The molecular weight excluding hydrogens is 206 g/mol. The highest BCUT2D eigenvalue weighted by atomic mass is 32.2. The number of aliphatic hydroxyl groups is 1. The first-order valence-electron chi connectivity index (χ1n) is 4.24. The van der Waals surface area contributed by atoms with E-state index in [2.05, 4.69) is 0 Å². The van der Waals surface area contributed by atoms with Gasteiger partial charge in [-0.15, -0.1) is 11.8 Å². The lowest BCUT2D eigenvalue weighted by Crippen LogP contribution is -2.03. The second kappa shape index (κ2) is 4.75. The minimum Gasteiger partial charge on any atom is -0.396 e. The predicted molar refractivity (Wildman–Crippen MR) is 53.6 cm³/mol. The van der Waals surface area contributed by atoms with Crippen LogP contribution in [-0.2, 0) is 0 Å². The van der Waals surface area contributed by atoms with Crippen LogP contribution >= 0.6 is 11.8 Å². The van der Waals surface area contributed by atoms with Crippen molar-refractivity contribution in [3.63, 3.8) is 0 Å². The monoisotopic (exact) mass is 218 g/mol. The Labute approximate surface area is 86.1 Å². The van der Waals surface area contributed by atoms with E-state index >= 15 is 0 Å². The van der Waals surface area contributed by atoms with Crippen LogP contribution in [0.4, 0.5) is 8.78 Å². The maximum atomic E-state index is 13.4. The van der Waals surface area contributed by atoms with Crippen LogP contribution in [0.2, 0.25) is 0 Å². The molecule has 0 saturated heterocycles. The molecule has 0 amide bonds. The molecule has 1 aromatic rings. The molecule has 1 atom stereocenters. The molecule has 0 aromatic heterocycles. The molecule has 0 spiro atoms. The Kier molecular flexibility index (Phi) is 3.89. The molecule has 4 heteroatoms. The number of hydrogen-bond donors (Lipinski definition) is 1. The Balaban J connectivity index is 3.14. The highest BCUT2D eigenvalue weighted by Crippen LogP contribution is 2.26. The van der Waals surface area contributed by atoms with Crippen molar-refractivity contribution in [2.24, 2.45) is 0 Å². The van der Waals surface area contributed by atoms with E-state index < -0.39 is 11.6 Å². The Morgan fingerprint density at radius 3 is 2.50 bits per heavy atom. The van der Waals surface area contributed by atoms with Crippen molar-refractivity contribution in [3.05, 3.63) is 29.3 Å². The van der Waals surface area contributed by atoms with Crippen molar-refractivity contribution >= 4 is 11.8 Å². The maximum absolute atomic E-state index is 13.4. The van der Waals surface area contributed by atoms with Gasteiger partial charge in [0.2, 0.25) is 0 Å². The second-order valence-electron chi connectivity index (χ2n) is 3.09. The number of hydrogen-bond acceptors (Lipinski definition) is 2. The third-order valence-corrected chi connectivity index (χ3v) is 2.83. The fourth-order valence-electron chi connectivity index (χ4n) is 1.18. The summed E-state index contributed by atoms with van der Waals surface area (Å²) in [5.41, 5.74) is 0.225. The van der Waals surface area contributed by atoms with Crippen LogP contribution in [0, 0.1) is 11.6 Å².